The van der Waals surface area contributed by atoms with E-state index in [1.165, 1.54) is 24.3 Å². The molecule has 0 amide bonds. The Bertz CT molecular complexity index is 1100. The quantitative estimate of drug-likeness (QED) is 0.348. The lowest BCUT2D eigenvalue weighted by Gasteiger charge is -2.15. The summed E-state index contributed by atoms with van der Waals surface area (Å²) in [5, 5.41) is 6.33. The highest BCUT2D eigenvalue weighted by molar-refractivity contribution is 9.10. The average Bonchev–Trinajstić information content (AvgIpc) is 3.22. The number of halogens is 5. The molecule has 1 heterocycles. The van der Waals surface area contributed by atoms with Gasteiger partial charge in [0.1, 0.15) is 17.4 Å². The summed E-state index contributed by atoms with van der Waals surface area (Å²) in [5.74, 6) is -0.0648. The Hall–Kier alpha value is -2.88. The molecule has 0 saturated heterocycles. The highest BCUT2D eigenvalue weighted by Gasteiger charge is 2.31. The summed E-state index contributed by atoms with van der Waals surface area (Å²) < 4.78 is 56.2. The van der Waals surface area contributed by atoms with E-state index in [9.17, 15) is 17.6 Å². The Labute approximate surface area is 190 Å². The zero-order valence-corrected chi connectivity index (χ0v) is 18.3. The van der Waals surface area contributed by atoms with E-state index in [1.807, 2.05) is 0 Å². The fourth-order valence-electron chi connectivity index (χ4n) is 3.55. The predicted octanol–water partition coefficient (Wildman–Crippen LogP) is 7.04. The molecule has 0 aliphatic heterocycles. The standard InChI is InChI=1S/C22H19BrF4N4O/c23-17-9-8-15(11-18(17)24)28-20-12-19(30-21(31-20)29-14-5-1-2-6-14)13-4-3-7-16(10-13)32-22(25,26)27/h3-4,7-12,14H,1-2,5-6H2,(H2,28,29,30,31). The van der Waals surface area contributed by atoms with E-state index < -0.39 is 12.2 Å². The van der Waals surface area contributed by atoms with Gasteiger partial charge in [0.25, 0.3) is 0 Å². The molecule has 0 atom stereocenters. The lowest BCUT2D eigenvalue weighted by molar-refractivity contribution is -0.274. The largest absolute Gasteiger partial charge is 0.573 e. The molecule has 0 bridgehead atoms. The number of hydrogen-bond acceptors (Lipinski definition) is 5. The Kier molecular flexibility index (Phi) is 6.50. The molecule has 168 valence electrons. The first-order valence-corrected chi connectivity index (χ1v) is 10.8. The van der Waals surface area contributed by atoms with Crippen LogP contribution in [0, 0.1) is 5.82 Å². The zero-order valence-electron chi connectivity index (χ0n) is 16.7. The van der Waals surface area contributed by atoms with Crippen LogP contribution in [0.4, 0.5) is 35.0 Å². The molecule has 1 aliphatic carbocycles. The molecule has 5 nitrogen and oxygen atoms in total. The minimum Gasteiger partial charge on any atom is -0.406 e. The van der Waals surface area contributed by atoms with Gasteiger partial charge in [-0.15, -0.1) is 13.2 Å². The summed E-state index contributed by atoms with van der Waals surface area (Å²) in [6.45, 7) is 0. The fraction of sp³-hybridized carbons (Fsp3) is 0.273. The second-order valence-electron chi connectivity index (χ2n) is 7.42. The Morgan fingerprint density at radius 2 is 1.78 bits per heavy atom. The van der Waals surface area contributed by atoms with Gasteiger partial charge in [-0.2, -0.15) is 4.98 Å². The summed E-state index contributed by atoms with van der Waals surface area (Å²) >= 11 is 3.11. The van der Waals surface area contributed by atoms with Gasteiger partial charge >= 0.3 is 6.36 Å². The van der Waals surface area contributed by atoms with Crippen LogP contribution in [-0.2, 0) is 0 Å². The first kappa shape index (κ1) is 22.3. The van der Waals surface area contributed by atoms with Gasteiger partial charge < -0.3 is 15.4 Å². The van der Waals surface area contributed by atoms with Crippen LogP contribution in [0.15, 0.2) is 53.0 Å². The predicted molar refractivity (Wildman–Crippen MR) is 117 cm³/mol. The van der Waals surface area contributed by atoms with Crippen molar-refractivity contribution in [3.63, 3.8) is 0 Å². The van der Waals surface area contributed by atoms with Crippen LogP contribution in [0.3, 0.4) is 0 Å². The zero-order chi connectivity index (χ0) is 22.7. The van der Waals surface area contributed by atoms with E-state index in [0.29, 0.717) is 33.2 Å². The molecule has 3 aromatic rings. The molecular formula is C22H19BrF4N4O. The average molecular weight is 511 g/mol. The van der Waals surface area contributed by atoms with Crippen molar-refractivity contribution in [2.45, 2.75) is 38.1 Å². The van der Waals surface area contributed by atoms with Crippen LogP contribution in [0.25, 0.3) is 11.3 Å². The molecule has 10 heteroatoms. The van der Waals surface area contributed by atoms with E-state index in [-0.39, 0.29) is 11.8 Å². The van der Waals surface area contributed by atoms with Gasteiger partial charge in [0.2, 0.25) is 5.95 Å². The number of ether oxygens (including phenoxy) is 1. The topological polar surface area (TPSA) is 59.1 Å². The first-order chi connectivity index (χ1) is 15.2. The molecular weight excluding hydrogens is 492 g/mol. The number of nitrogens with one attached hydrogen (secondary N) is 2. The van der Waals surface area contributed by atoms with Crippen LogP contribution < -0.4 is 15.4 Å². The minimum absolute atomic E-state index is 0.225. The summed E-state index contributed by atoms with van der Waals surface area (Å²) in [7, 11) is 0. The van der Waals surface area contributed by atoms with E-state index in [0.717, 1.165) is 25.7 Å². The van der Waals surface area contributed by atoms with Crippen LogP contribution in [0.1, 0.15) is 25.7 Å². The third kappa shape index (κ3) is 5.87. The van der Waals surface area contributed by atoms with Gasteiger partial charge in [-0.3, -0.25) is 0 Å². The smallest absolute Gasteiger partial charge is 0.406 e. The van der Waals surface area contributed by atoms with E-state index in [4.69, 9.17) is 0 Å². The number of hydrogen-bond donors (Lipinski definition) is 2. The molecule has 32 heavy (non-hydrogen) atoms. The molecule has 1 saturated carbocycles. The third-order valence-corrected chi connectivity index (χ3v) is 5.61. The normalized spacial score (nSPS) is 14.4. The second kappa shape index (κ2) is 9.32. The number of alkyl halides is 3. The summed E-state index contributed by atoms with van der Waals surface area (Å²) in [5.41, 5.74) is 1.29. The lowest BCUT2D eigenvalue weighted by atomic mass is 10.1. The first-order valence-electron chi connectivity index (χ1n) is 9.99. The van der Waals surface area contributed by atoms with Gasteiger partial charge in [-0.25, -0.2) is 9.37 Å². The lowest BCUT2D eigenvalue weighted by Crippen LogP contribution is -2.17. The molecule has 0 radical (unpaired) electrons. The van der Waals surface area contributed by atoms with Crippen molar-refractivity contribution in [3.05, 3.63) is 58.8 Å². The maximum Gasteiger partial charge on any atom is 0.573 e. The molecule has 0 unspecified atom stereocenters. The summed E-state index contributed by atoms with van der Waals surface area (Å²) in [4.78, 5) is 8.97. The maximum atomic E-state index is 13.9. The van der Waals surface area contributed by atoms with E-state index >= 15 is 0 Å². The summed E-state index contributed by atoms with van der Waals surface area (Å²) in [6, 6.07) is 11.9. The second-order valence-corrected chi connectivity index (χ2v) is 8.27. The van der Waals surface area contributed by atoms with Crippen molar-refractivity contribution in [1.82, 2.24) is 9.97 Å². The highest BCUT2D eigenvalue weighted by Crippen LogP contribution is 2.30. The number of benzene rings is 2. The van der Waals surface area contributed by atoms with Gasteiger partial charge in [0.05, 0.1) is 10.2 Å². The van der Waals surface area contributed by atoms with Crippen molar-refractivity contribution < 1.29 is 22.3 Å². The molecule has 1 aromatic heterocycles. The van der Waals surface area contributed by atoms with Crippen molar-refractivity contribution in [2.24, 2.45) is 0 Å². The van der Waals surface area contributed by atoms with Crippen molar-refractivity contribution in [1.29, 1.82) is 0 Å². The van der Waals surface area contributed by atoms with Gasteiger partial charge in [-0.05, 0) is 59.1 Å². The van der Waals surface area contributed by atoms with Crippen molar-refractivity contribution in [2.75, 3.05) is 10.6 Å². The maximum absolute atomic E-state index is 13.9. The molecule has 0 spiro atoms. The van der Waals surface area contributed by atoms with Crippen LogP contribution >= 0.6 is 15.9 Å². The molecule has 4 rings (SSSR count). The molecule has 2 N–H and O–H groups in total. The van der Waals surface area contributed by atoms with Gasteiger partial charge in [0, 0.05) is 23.4 Å². The van der Waals surface area contributed by atoms with Crippen LogP contribution in [-0.4, -0.2) is 22.4 Å². The Balaban J connectivity index is 1.68. The SMILES string of the molecule is Fc1cc(Nc2cc(-c3cccc(OC(F)(F)F)c3)nc(NC3CCCC3)n2)ccc1Br. The Morgan fingerprint density at radius 3 is 2.50 bits per heavy atom. The van der Waals surface area contributed by atoms with Crippen LogP contribution in [0.5, 0.6) is 5.75 Å². The summed E-state index contributed by atoms with van der Waals surface area (Å²) in [6.07, 6.45) is -0.598. The molecule has 2 aromatic carbocycles. The third-order valence-electron chi connectivity index (χ3n) is 4.97. The molecule has 1 fully saturated rings. The number of nitrogens with zero attached hydrogens (tertiary/aromatic N) is 2. The van der Waals surface area contributed by atoms with Gasteiger partial charge in [0.15, 0.2) is 0 Å². The minimum atomic E-state index is -4.79. The van der Waals surface area contributed by atoms with Gasteiger partial charge in [-0.1, -0.05) is 25.0 Å². The number of rotatable bonds is 6. The van der Waals surface area contributed by atoms with Crippen molar-refractivity contribution >= 4 is 33.4 Å². The number of anilines is 3. The monoisotopic (exact) mass is 510 g/mol. The van der Waals surface area contributed by atoms with Crippen LogP contribution in [0.2, 0.25) is 0 Å². The van der Waals surface area contributed by atoms with E-state index in [1.54, 1.807) is 24.3 Å². The van der Waals surface area contributed by atoms with Crippen molar-refractivity contribution in [3.8, 4) is 17.0 Å². The molecule has 1 aliphatic rings. The van der Waals surface area contributed by atoms with E-state index in [2.05, 4.69) is 41.3 Å². The fourth-order valence-corrected chi connectivity index (χ4v) is 3.80. The number of aromatic nitrogens is 2. The highest BCUT2D eigenvalue weighted by atomic mass is 79.9. The Morgan fingerprint density at radius 1 is 1.00 bits per heavy atom.